The van der Waals surface area contributed by atoms with Crippen molar-refractivity contribution in [3.8, 4) is 23.0 Å². The maximum atomic E-state index is 16.2. The van der Waals surface area contributed by atoms with Gasteiger partial charge >= 0.3 is 12.4 Å². The van der Waals surface area contributed by atoms with E-state index in [-0.39, 0.29) is 38.5 Å². The highest BCUT2D eigenvalue weighted by atomic mass is 35.5. The normalized spacial score (nSPS) is 18.2. The van der Waals surface area contributed by atoms with Crippen LogP contribution in [0.5, 0.6) is 0 Å². The Hall–Kier alpha value is -5.41. The van der Waals surface area contributed by atoms with E-state index in [1.54, 1.807) is 0 Å². The number of sulfone groups is 1. The molecule has 1 fully saturated rings. The quantitative estimate of drug-likeness (QED) is 0.101. The van der Waals surface area contributed by atoms with Crippen LogP contribution >= 0.6 is 11.6 Å². The smallest absolute Gasteiger partial charge is 0.368 e. The van der Waals surface area contributed by atoms with Gasteiger partial charge in [-0.1, -0.05) is 23.6 Å². The fourth-order valence-corrected chi connectivity index (χ4v) is 8.83. The van der Waals surface area contributed by atoms with Gasteiger partial charge in [-0.2, -0.15) is 45.3 Å². The van der Waals surface area contributed by atoms with E-state index < -0.39 is 137 Å². The van der Waals surface area contributed by atoms with E-state index in [0.29, 0.717) is 17.0 Å². The molecule has 25 heteroatoms. The molecule has 342 valence electrons. The monoisotopic (exact) mass is 967 g/mol. The van der Waals surface area contributed by atoms with Gasteiger partial charge in [-0.15, -0.1) is 0 Å². The zero-order chi connectivity index (χ0) is 47.4. The van der Waals surface area contributed by atoms with Gasteiger partial charge in [0.15, 0.2) is 21.3 Å². The first kappa shape index (κ1) is 46.6. The van der Waals surface area contributed by atoms with Crippen molar-refractivity contribution in [2.24, 2.45) is 11.7 Å². The number of anilines is 1. The van der Waals surface area contributed by atoms with Gasteiger partial charge in [0, 0.05) is 40.8 Å². The lowest BCUT2D eigenvalue weighted by atomic mass is 9.84. The first-order valence-electron chi connectivity index (χ1n) is 18.6. The van der Waals surface area contributed by atoms with Crippen molar-refractivity contribution in [3.63, 3.8) is 0 Å². The maximum Gasteiger partial charge on any atom is 0.435 e. The Morgan fingerprint density at radius 1 is 0.984 bits per heavy atom. The summed E-state index contributed by atoms with van der Waals surface area (Å²) in [6.07, 6.45) is -10.1. The van der Waals surface area contributed by atoms with Gasteiger partial charge in [-0.05, 0) is 74.4 Å². The van der Waals surface area contributed by atoms with Crippen molar-refractivity contribution in [3.05, 3.63) is 93.0 Å². The average molecular weight is 968 g/mol. The molecule has 2 aliphatic rings. The number of halogens is 11. The van der Waals surface area contributed by atoms with E-state index >= 15 is 8.78 Å². The third-order valence-electron chi connectivity index (χ3n) is 10.9. The van der Waals surface area contributed by atoms with Crippen LogP contribution in [0.1, 0.15) is 72.0 Å². The number of hydrogen-bond acceptors (Lipinski definition) is 8. The van der Waals surface area contributed by atoms with Crippen LogP contribution in [0.3, 0.4) is 0 Å². The number of rotatable bonds is 11. The number of fused-ring (bicyclic) bond motifs is 4. The number of hydrogen-bond donors (Lipinski definition) is 2. The van der Waals surface area contributed by atoms with E-state index in [2.05, 4.69) is 27.0 Å². The molecule has 5 aromatic rings. The maximum absolute atomic E-state index is 16.2. The molecule has 3 aromatic heterocycles. The van der Waals surface area contributed by atoms with E-state index in [4.69, 9.17) is 17.3 Å². The summed E-state index contributed by atoms with van der Waals surface area (Å²) in [6.45, 7) is 0.567. The molecule has 4 atom stereocenters. The largest absolute Gasteiger partial charge is 0.435 e. The number of alkyl halides is 8. The van der Waals surface area contributed by atoms with E-state index in [1.165, 1.54) is 13.8 Å². The summed E-state index contributed by atoms with van der Waals surface area (Å²) < 4.78 is 199. The molecule has 12 nitrogen and oxygen atoms in total. The van der Waals surface area contributed by atoms with Gasteiger partial charge in [-0.3, -0.25) is 14.2 Å². The fraction of sp³-hybridized carbons (Fsp3) is 0.385. The molecular weight excluding hydrogens is 936 g/mol. The van der Waals surface area contributed by atoms with Crippen molar-refractivity contribution < 1.29 is 65.5 Å². The molecule has 3 heterocycles. The number of sulfonamides is 1. The van der Waals surface area contributed by atoms with Crippen molar-refractivity contribution in [2.75, 3.05) is 17.2 Å². The van der Waals surface area contributed by atoms with E-state index in [0.717, 1.165) is 42.7 Å². The molecule has 1 unspecified atom stereocenters. The molecule has 0 bridgehead atoms. The molecule has 2 aliphatic carbocycles. The van der Waals surface area contributed by atoms with Gasteiger partial charge in [0.2, 0.25) is 15.9 Å². The SMILES string of the molecule is CC(C)(C#Cc1ccc(-c2ccc(Cl)c3c(NS(C)(=O)=O)nn(CC(F)(F)F)c23)c([C@@H](Cc2cc(F)cc(F)c2)C(C(N)=O)n2nc(C(F)(F)F)c3c2C(F)(F)[C@@H]2C[C@H]32)n1)S(C)(=O)=O. The number of nitrogens with two attached hydrogens (primary N) is 1. The summed E-state index contributed by atoms with van der Waals surface area (Å²) in [5.74, 6) is -8.67. The minimum Gasteiger partial charge on any atom is -0.368 e. The molecule has 0 saturated heterocycles. The summed E-state index contributed by atoms with van der Waals surface area (Å²) in [4.78, 5) is 18.4. The van der Waals surface area contributed by atoms with Gasteiger partial charge in [0.25, 0.3) is 5.92 Å². The molecule has 3 N–H and O–H groups in total. The second kappa shape index (κ2) is 15.4. The third-order valence-corrected chi connectivity index (χ3v) is 13.7. The van der Waals surface area contributed by atoms with Gasteiger partial charge < -0.3 is 5.73 Å². The summed E-state index contributed by atoms with van der Waals surface area (Å²) in [5, 5.41) is 6.56. The van der Waals surface area contributed by atoms with Crippen molar-refractivity contribution in [1.29, 1.82) is 0 Å². The van der Waals surface area contributed by atoms with Crippen LogP contribution in [0.4, 0.5) is 49.7 Å². The zero-order valence-electron chi connectivity index (χ0n) is 33.3. The zero-order valence-corrected chi connectivity index (χ0v) is 35.7. The van der Waals surface area contributed by atoms with Gasteiger partial charge in [0.1, 0.15) is 40.4 Å². The van der Waals surface area contributed by atoms with Crippen molar-refractivity contribution >= 4 is 54.1 Å². The Labute approximate surface area is 362 Å². The first-order valence-corrected chi connectivity index (χ1v) is 22.7. The fourth-order valence-electron chi connectivity index (χ4n) is 7.85. The number of nitrogens with one attached hydrogen (secondary N) is 1. The Balaban J connectivity index is 1.61. The second-order valence-corrected chi connectivity index (χ2v) is 20.8. The number of primary amides is 1. The van der Waals surface area contributed by atoms with Crippen LogP contribution in [0.25, 0.3) is 22.0 Å². The predicted molar refractivity (Wildman–Crippen MR) is 211 cm³/mol. The van der Waals surface area contributed by atoms with E-state index in [9.17, 15) is 56.8 Å². The molecule has 7 rings (SSSR count). The molecule has 2 aromatic carbocycles. The van der Waals surface area contributed by atoms with Gasteiger partial charge in [-0.25, -0.2) is 35.3 Å². The Bertz CT molecular complexity index is 3050. The molecular formula is C39H32ClF10N7O5S2. The van der Waals surface area contributed by atoms with Crippen LogP contribution in [0.15, 0.2) is 42.5 Å². The highest BCUT2D eigenvalue weighted by molar-refractivity contribution is 7.92. The molecule has 0 radical (unpaired) electrons. The predicted octanol–water partition coefficient (Wildman–Crippen LogP) is 7.62. The summed E-state index contributed by atoms with van der Waals surface area (Å²) in [5.41, 5.74) is -0.619. The number of carbonyl (C=O) groups excluding carboxylic acids is 1. The molecule has 64 heavy (non-hydrogen) atoms. The number of carbonyl (C=O) groups is 1. The summed E-state index contributed by atoms with van der Waals surface area (Å²) >= 11 is 6.47. The topological polar surface area (TPSA) is 172 Å². The minimum absolute atomic E-state index is 0.100. The lowest BCUT2D eigenvalue weighted by Crippen LogP contribution is -2.37. The average Bonchev–Trinajstić information content (AvgIpc) is 3.64. The lowest BCUT2D eigenvalue weighted by Gasteiger charge is -2.29. The van der Waals surface area contributed by atoms with Crippen LogP contribution in [0, 0.1) is 29.4 Å². The van der Waals surface area contributed by atoms with Crippen LogP contribution in [0.2, 0.25) is 5.02 Å². The molecule has 1 amide bonds. The Morgan fingerprint density at radius 3 is 2.17 bits per heavy atom. The van der Waals surface area contributed by atoms with Gasteiger partial charge in [0.05, 0.1) is 27.9 Å². The number of pyridine rings is 1. The highest BCUT2D eigenvalue weighted by Crippen LogP contribution is 2.69. The summed E-state index contributed by atoms with van der Waals surface area (Å²) in [6, 6.07) is 3.93. The van der Waals surface area contributed by atoms with Crippen molar-refractivity contribution in [1.82, 2.24) is 24.5 Å². The number of amides is 1. The van der Waals surface area contributed by atoms with Crippen molar-refractivity contribution in [2.45, 2.75) is 74.1 Å². The number of nitrogens with zero attached hydrogens (tertiary/aromatic N) is 5. The Kier molecular flexibility index (Phi) is 11.2. The van der Waals surface area contributed by atoms with Crippen LogP contribution in [-0.4, -0.2) is 70.7 Å². The standard InChI is InChI=1S/C39H32ClF10N7O5S2/c1-36(2,63(3,59)60)10-9-20-5-6-21(22-7-8-26(40)28-30(22)56(16-37(43,44)45)54-35(28)55-64(4,61)62)29(52-20)24(13-17-11-18(41)14-19(42)12-17)31(34(51)58)57-33-27(32(53-57)39(48,49)50)23-15-25(23)38(33,46)47/h5-8,11-12,14,23-25,31H,13,15-16H2,1-4H3,(H2,51,58)(H,54,55)/t23-,24+,25+,31?/m0/s1. The van der Waals surface area contributed by atoms with E-state index in [1.807, 2.05) is 4.72 Å². The molecule has 1 saturated carbocycles. The molecule has 0 spiro atoms. The summed E-state index contributed by atoms with van der Waals surface area (Å²) in [7, 11) is -8.18. The number of aromatic nitrogens is 5. The second-order valence-electron chi connectivity index (χ2n) is 16.0. The first-order chi connectivity index (χ1) is 29.3. The molecule has 0 aliphatic heterocycles. The third kappa shape index (κ3) is 8.72. The lowest BCUT2D eigenvalue weighted by molar-refractivity contribution is -0.143. The highest BCUT2D eigenvalue weighted by Gasteiger charge is 2.69. The van der Waals surface area contributed by atoms with Crippen LogP contribution < -0.4 is 10.5 Å². The van der Waals surface area contributed by atoms with Crippen LogP contribution in [-0.2, 0) is 49.7 Å². The number of benzene rings is 2. The minimum atomic E-state index is -5.36. The Morgan fingerprint density at radius 2 is 1.61 bits per heavy atom.